The Bertz CT molecular complexity index is 1070. The number of aromatic nitrogens is 1. The van der Waals surface area contributed by atoms with Gasteiger partial charge in [0.25, 0.3) is 0 Å². The van der Waals surface area contributed by atoms with Crippen LogP contribution in [0.25, 0.3) is 10.9 Å². The molecule has 0 bridgehead atoms. The highest BCUT2D eigenvalue weighted by molar-refractivity contribution is 6.14. The Morgan fingerprint density at radius 2 is 1.87 bits per heavy atom. The molecular formula is C24H29N3O3. The third kappa shape index (κ3) is 4.54. The number of nitrogens with one attached hydrogen (secondary N) is 1. The van der Waals surface area contributed by atoms with Gasteiger partial charge in [0.05, 0.1) is 29.1 Å². The summed E-state index contributed by atoms with van der Waals surface area (Å²) in [6.07, 6.45) is 1.57. The quantitative estimate of drug-likeness (QED) is 0.372. The van der Waals surface area contributed by atoms with Gasteiger partial charge in [0, 0.05) is 16.4 Å². The van der Waals surface area contributed by atoms with Gasteiger partial charge in [0.15, 0.2) is 5.88 Å². The summed E-state index contributed by atoms with van der Waals surface area (Å²) in [5.74, 6) is -0.349. The summed E-state index contributed by atoms with van der Waals surface area (Å²) >= 11 is 0. The van der Waals surface area contributed by atoms with Crippen molar-refractivity contribution in [2.75, 3.05) is 6.61 Å². The number of carbonyl (C=O) groups excluding carboxylic acids is 1. The molecule has 6 heteroatoms. The predicted molar refractivity (Wildman–Crippen MR) is 121 cm³/mol. The number of H-pyrrole nitrogens is 1. The van der Waals surface area contributed by atoms with E-state index in [4.69, 9.17) is 15.5 Å². The number of nitrogens with two attached hydrogens (primary N) is 1. The van der Waals surface area contributed by atoms with Gasteiger partial charge in [-0.3, -0.25) is 4.99 Å². The molecule has 0 aliphatic heterocycles. The number of fused-ring (bicyclic) bond motifs is 1. The monoisotopic (exact) mass is 407 g/mol. The maximum Gasteiger partial charge on any atom is 0.338 e. The second kappa shape index (κ2) is 8.71. The minimum absolute atomic E-state index is 0.0397. The van der Waals surface area contributed by atoms with Crippen LogP contribution in [0, 0.1) is 0 Å². The van der Waals surface area contributed by atoms with Crippen LogP contribution in [0.5, 0.6) is 5.88 Å². The van der Waals surface area contributed by atoms with E-state index in [2.05, 4.69) is 11.9 Å². The summed E-state index contributed by atoms with van der Waals surface area (Å²) in [5, 5.41) is 11.4. The first-order chi connectivity index (χ1) is 14.2. The Labute approximate surface area is 176 Å². The average molecular weight is 408 g/mol. The van der Waals surface area contributed by atoms with E-state index in [1.54, 1.807) is 19.1 Å². The van der Waals surface area contributed by atoms with E-state index in [9.17, 15) is 9.90 Å². The molecule has 0 radical (unpaired) electrons. The summed E-state index contributed by atoms with van der Waals surface area (Å²) in [4.78, 5) is 19.8. The Hall–Kier alpha value is -3.12. The van der Waals surface area contributed by atoms with Gasteiger partial charge >= 0.3 is 5.97 Å². The maximum absolute atomic E-state index is 12.0. The molecule has 0 saturated heterocycles. The second-order valence-electron chi connectivity index (χ2n) is 7.91. The largest absolute Gasteiger partial charge is 0.494 e. The maximum atomic E-state index is 12.0. The Balaban J connectivity index is 2.04. The minimum atomic E-state index is -0.416. The molecule has 0 aliphatic rings. The fraction of sp³-hybridized carbons (Fsp3) is 0.333. The lowest BCUT2D eigenvalue weighted by Crippen LogP contribution is -2.28. The highest BCUT2D eigenvalue weighted by Gasteiger charge is 2.19. The van der Waals surface area contributed by atoms with Crippen LogP contribution in [0.1, 0.15) is 62.0 Å². The van der Waals surface area contributed by atoms with Crippen molar-refractivity contribution in [1.29, 1.82) is 0 Å². The smallest absolute Gasteiger partial charge is 0.338 e. The molecule has 4 N–H and O–H groups in total. The number of hydrogen-bond acceptors (Lipinski definition) is 5. The van der Waals surface area contributed by atoms with Crippen molar-refractivity contribution < 1.29 is 14.6 Å². The molecule has 0 saturated carbocycles. The lowest BCUT2D eigenvalue weighted by molar-refractivity contribution is 0.0526. The zero-order valence-corrected chi connectivity index (χ0v) is 18.0. The number of ether oxygens (including phenoxy) is 1. The number of aromatic hydroxyl groups is 1. The van der Waals surface area contributed by atoms with E-state index in [-0.39, 0.29) is 11.8 Å². The van der Waals surface area contributed by atoms with E-state index in [0.717, 1.165) is 28.8 Å². The van der Waals surface area contributed by atoms with E-state index in [1.807, 2.05) is 44.2 Å². The molecule has 0 aliphatic carbocycles. The van der Waals surface area contributed by atoms with Crippen molar-refractivity contribution in [3.8, 4) is 5.88 Å². The van der Waals surface area contributed by atoms with Crippen molar-refractivity contribution in [2.24, 2.45) is 10.7 Å². The normalized spacial score (nSPS) is 12.4. The number of rotatable bonds is 7. The number of nitrogens with zero attached hydrogens (tertiary/aromatic N) is 1. The highest BCUT2D eigenvalue weighted by atomic mass is 16.5. The van der Waals surface area contributed by atoms with Gasteiger partial charge < -0.3 is 20.6 Å². The fourth-order valence-electron chi connectivity index (χ4n) is 3.41. The number of hydrogen-bond donors (Lipinski definition) is 3. The molecule has 1 aromatic heterocycles. The summed E-state index contributed by atoms with van der Waals surface area (Å²) in [6.45, 7) is 8.07. The van der Waals surface area contributed by atoms with Crippen LogP contribution in [-0.4, -0.2) is 28.4 Å². The van der Waals surface area contributed by atoms with Crippen molar-refractivity contribution in [3.05, 3.63) is 59.2 Å². The summed E-state index contributed by atoms with van der Waals surface area (Å²) in [6, 6.07) is 13.0. The second-order valence-corrected chi connectivity index (χ2v) is 7.91. The zero-order chi connectivity index (χ0) is 21.9. The molecule has 6 nitrogen and oxygen atoms in total. The molecule has 3 rings (SSSR count). The van der Waals surface area contributed by atoms with E-state index < -0.39 is 5.54 Å². The molecule has 30 heavy (non-hydrogen) atoms. The molecule has 1 heterocycles. The molecule has 0 atom stereocenters. The SMILES string of the molecule is CCCC(=Nc1ccc(C(C)(C)N)cc1)c1c(O)[nH]c2cc(C(=O)OCC)ccc12. The van der Waals surface area contributed by atoms with Gasteiger partial charge in [0.1, 0.15) is 0 Å². The van der Waals surface area contributed by atoms with E-state index in [0.29, 0.717) is 29.7 Å². The molecule has 0 amide bonds. The standard InChI is InChI=1S/C24H29N3O3/c1-5-7-19(26-17-11-9-16(10-12-17)24(3,4)25)21-18-13-8-15(23(29)30-6-2)14-20(18)27-22(21)28/h8-14,27-28H,5-7,25H2,1-4H3. The third-order valence-electron chi connectivity index (χ3n) is 4.94. The van der Waals surface area contributed by atoms with Crippen LogP contribution in [0.15, 0.2) is 47.5 Å². The molecular weight excluding hydrogens is 378 g/mol. The lowest BCUT2D eigenvalue weighted by atomic mass is 9.95. The van der Waals surface area contributed by atoms with Gasteiger partial charge in [-0.1, -0.05) is 31.5 Å². The van der Waals surface area contributed by atoms with Crippen molar-refractivity contribution in [2.45, 2.75) is 46.1 Å². The molecule has 0 spiro atoms. The van der Waals surface area contributed by atoms with Crippen molar-refractivity contribution in [1.82, 2.24) is 4.98 Å². The minimum Gasteiger partial charge on any atom is -0.494 e. The Kier molecular flexibility index (Phi) is 6.27. The van der Waals surface area contributed by atoms with Crippen LogP contribution in [0.3, 0.4) is 0 Å². The van der Waals surface area contributed by atoms with Crippen LogP contribution in [0.4, 0.5) is 5.69 Å². The third-order valence-corrected chi connectivity index (χ3v) is 4.94. The van der Waals surface area contributed by atoms with E-state index >= 15 is 0 Å². The van der Waals surface area contributed by atoms with Crippen LogP contribution < -0.4 is 5.73 Å². The van der Waals surface area contributed by atoms with Gasteiger partial charge in [-0.2, -0.15) is 0 Å². The van der Waals surface area contributed by atoms with Crippen LogP contribution >= 0.6 is 0 Å². The Morgan fingerprint density at radius 3 is 2.47 bits per heavy atom. The number of benzene rings is 2. The number of esters is 1. The lowest BCUT2D eigenvalue weighted by Gasteiger charge is -2.19. The molecule has 2 aromatic carbocycles. The topological polar surface area (TPSA) is 101 Å². The van der Waals surface area contributed by atoms with Gasteiger partial charge in [-0.15, -0.1) is 0 Å². The highest BCUT2D eigenvalue weighted by Crippen LogP contribution is 2.31. The molecule has 0 fully saturated rings. The molecule has 0 unspecified atom stereocenters. The Morgan fingerprint density at radius 1 is 1.17 bits per heavy atom. The first-order valence-electron chi connectivity index (χ1n) is 10.2. The summed E-state index contributed by atoms with van der Waals surface area (Å²) in [7, 11) is 0. The number of carbonyl (C=O) groups is 1. The van der Waals surface area contributed by atoms with E-state index in [1.165, 1.54) is 0 Å². The number of aromatic amines is 1. The van der Waals surface area contributed by atoms with Gasteiger partial charge in [0.2, 0.25) is 0 Å². The van der Waals surface area contributed by atoms with Gasteiger partial charge in [-0.25, -0.2) is 4.79 Å². The molecule has 158 valence electrons. The zero-order valence-electron chi connectivity index (χ0n) is 18.0. The predicted octanol–water partition coefficient (Wildman–Crippen LogP) is 5.16. The average Bonchev–Trinajstić information content (AvgIpc) is 3.02. The van der Waals surface area contributed by atoms with Crippen molar-refractivity contribution >= 4 is 28.3 Å². The first-order valence-corrected chi connectivity index (χ1v) is 10.2. The van der Waals surface area contributed by atoms with Gasteiger partial charge in [-0.05, 0) is 57.0 Å². The summed E-state index contributed by atoms with van der Waals surface area (Å²) in [5.41, 5.74) is 10.1. The van der Waals surface area contributed by atoms with Crippen LogP contribution in [-0.2, 0) is 10.3 Å². The molecule has 3 aromatic rings. The first kappa shape index (κ1) is 21.6. The summed E-state index contributed by atoms with van der Waals surface area (Å²) < 4.78 is 5.06. The van der Waals surface area contributed by atoms with Crippen LogP contribution in [0.2, 0.25) is 0 Å². The fourth-order valence-corrected chi connectivity index (χ4v) is 3.41. The van der Waals surface area contributed by atoms with Crippen molar-refractivity contribution in [3.63, 3.8) is 0 Å². The number of aliphatic imine (C=N–C) groups is 1.